The number of carboxylic acids is 1. The lowest BCUT2D eigenvalue weighted by atomic mass is 9.99. The van der Waals surface area contributed by atoms with E-state index < -0.39 is 17.4 Å². The van der Waals surface area contributed by atoms with Gasteiger partial charge in [0.15, 0.2) is 0 Å². The minimum absolute atomic E-state index is 0.312. The third-order valence-corrected chi connectivity index (χ3v) is 3.77. The third kappa shape index (κ3) is 3.85. The van der Waals surface area contributed by atoms with E-state index in [-0.39, 0.29) is 0 Å². The average molecular weight is 288 g/mol. The number of carbonyl (C=O) groups is 2. The number of carbonyl (C=O) groups excluding carboxylic acids is 1. The molecule has 0 radical (unpaired) electrons. The van der Waals surface area contributed by atoms with E-state index in [2.05, 4.69) is 5.32 Å². The van der Waals surface area contributed by atoms with Crippen molar-refractivity contribution in [1.82, 2.24) is 5.32 Å². The van der Waals surface area contributed by atoms with Gasteiger partial charge in [-0.2, -0.15) is 0 Å². The fourth-order valence-electron chi connectivity index (χ4n) is 1.18. The molecule has 0 fully saturated rings. The Labute approximate surface area is 114 Å². The average Bonchev–Trinajstić information content (AvgIpc) is 2.72. The fraction of sp³-hybridized carbons (Fsp3) is 0.333. The molecular weight excluding hydrogens is 274 g/mol. The van der Waals surface area contributed by atoms with Crippen LogP contribution in [0.3, 0.4) is 0 Å². The number of halogens is 1. The van der Waals surface area contributed by atoms with Crippen LogP contribution in [-0.4, -0.2) is 22.5 Å². The molecule has 4 nitrogen and oxygen atoms in total. The smallest absolute Gasteiger partial charge is 0.329 e. The van der Waals surface area contributed by atoms with Gasteiger partial charge in [0.25, 0.3) is 0 Å². The molecule has 0 saturated heterocycles. The summed E-state index contributed by atoms with van der Waals surface area (Å²) in [5.41, 5.74) is -1.24. The van der Waals surface area contributed by atoms with Crippen LogP contribution in [0, 0.1) is 0 Å². The second-order valence-corrected chi connectivity index (χ2v) is 5.70. The molecule has 1 heterocycles. The first-order valence-corrected chi connectivity index (χ1v) is 6.56. The Morgan fingerprint density at radius 3 is 2.67 bits per heavy atom. The summed E-state index contributed by atoms with van der Waals surface area (Å²) in [6.45, 7) is 3.18. The van der Waals surface area contributed by atoms with Crippen LogP contribution in [0.25, 0.3) is 6.08 Å². The number of thiophene rings is 1. The first kappa shape index (κ1) is 14.7. The lowest BCUT2D eigenvalue weighted by Gasteiger charge is -2.23. The predicted molar refractivity (Wildman–Crippen MR) is 72.8 cm³/mol. The summed E-state index contributed by atoms with van der Waals surface area (Å²) < 4.78 is 0.638. The molecule has 98 valence electrons. The number of aliphatic carboxylic acids is 1. The van der Waals surface area contributed by atoms with Crippen molar-refractivity contribution in [2.75, 3.05) is 0 Å². The molecule has 1 aromatic heterocycles. The maximum Gasteiger partial charge on any atom is 0.329 e. The highest BCUT2D eigenvalue weighted by Crippen LogP contribution is 2.22. The zero-order valence-corrected chi connectivity index (χ0v) is 11.6. The number of hydrogen-bond acceptors (Lipinski definition) is 3. The van der Waals surface area contributed by atoms with Crippen molar-refractivity contribution in [1.29, 1.82) is 0 Å². The van der Waals surface area contributed by atoms with E-state index in [4.69, 9.17) is 16.7 Å². The normalized spacial score (nSPS) is 14.4. The van der Waals surface area contributed by atoms with Crippen LogP contribution in [0.4, 0.5) is 0 Å². The molecule has 2 N–H and O–H groups in total. The highest BCUT2D eigenvalue weighted by molar-refractivity contribution is 7.17. The second kappa shape index (κ2) is 6.02. The molecule has 1 atom stereocenters. The molecule has 0 aliphatic carbocycles. The van der Waals surface area contributed by atoms with Crippen molar-refractivity contribution in [3.05, 3.63) is 27.4 Å². The molecule has 0 aromatic carbocycles. The lowest BCUT2D eigenvalue weighted by molar-refractivity contribution is -0.146. The topological polar surface area (TPSA) is 66.4 Å². The molecular formula is C12H14ClNO3S. The van der Waals surface area contributed by atoms with Gasteiger partial charge in [0.2, 0.25) is 5.91 Å². The Bertz CT molecular complexity index is 483. The Morgan fingerprint density at radius 1 is 1.56 bits per heavy atom. The van der Waals surface area contributed by atoms with Gasteiger partial charge in [0.1, 0.15) is 5.54 Å². The first-order chi connectivity index (χ1) is 8.37. The SMILES string of the molecule is CCC(C)(NC(=O)C=Cc1ccc(Cl)s1)C(=O)O. The molecule has 1 aromatic rings. The van der Waals surface area contributed by atoms with Crippen molar-refractivity contribution >= 4 is 40.9 Å². The van der Waals surface area contributed by atoms with Crippen LogP contribution < -0.4 is 5.32 Å². The van der Waals surface area contributed by atoms with Crippen LogP contribution in [0.15, 0.2) is 18.2 Å². The Kier molecular flexibility index (Phi) is 4.93. The monoisotopic (exact) mass is 287 g/mol. The summed E-state index contributed by atoms with van der Waals surface area (Å²) in [6, 6.07) is 3.52. The van der Waals surface area contributed by atoms with E-state index in [9.17, 15) is 9.59 Å². The van der Waals surface area contributed by atoms with Crippen LogP contribution in [-0.2, 0) is 9.59 Å². The third-order valence-electron chi connectivity index (χ3n) is 2.57. The van der Waals surface area contributed by atoms with E-state index in [0.29, 0.717) is 10.8 Å². The van der Waals surface area contributed by atoms with Crippen molar-refractivity contribution in [2.24, 2.45) is 0 Å². The zero-order valence-electron chi connectivity index (χ0n) is 10.1. The van der Waals surface area contributed by atoms with E-state index in [1.54, 1.807) is 25.1 Å². The second-order valence-electron chi connectivity index (χ2n) is 3.96. The molecule has 1 unspecified atom stereocenters. The highest BCUT2D eigenvalue weighted by atomic mass is 35.5. The molecule has 6 heteroatoms. The molecule has 18 heavy (non-hydrogen) atoms. The summed E-state index contributed by atoms with van der Waals surface area (Å²) in [6.07, 6.45) is 3.22. The van der Waals surface area contributed by atoms with Gasteiger partial charge >= 0.3 is 5.97 Å². The number of rotatable bonds is 5. The predicted octanol–water partition coefficient (Wildman–Crippen LogP) is 2.78. The summed E-state index contributed by atoms with van der Waals surface area (Å²) in [5.74, 6) is -1.49. The van der Waals surface area contributed by atoms with Crippen molar-refractivity contribution < 1.29 is 14.7 Å². The van der Waals surface area contributed by atoms with Crippen LogP contribution >= 0.6 is 22.9 Å². The number of carboxylic acid groups (broad SMARTS) is 1. The number of nitrogens with one attached hydrogen (secondary N) is 1. The fourth-order valence-corrected chi connectivity index (χ4v) is 2.15. The summed E-state index contributed by atoms with van der Waals surface area (Å²) in [7, 11) is 0. The van der Waals surface area contributed by atoms with Gasteiger partial charge in [-0.1, -0.05) is 18.5 Å². The minimum atomic E-state index is -1.24. The largest absolute Gasteiger partial charge is 0.480 e. The van der Waals surface area contributed by atoms with Crippen LogP contribution in [0.1, 0.15) is 25.1 Å². The van der Waals surface area contributed by atoms with E-state index in [1.165, 1.54) is 24.3 Å². The molecule has 1 amide bonds. The maximum atomic E-state index is 11.6. The van der Waals surface area contributed by atoms with E-state index in [1.807, 2.05) is 0 Å². The summed E-state index contributed by atoms with van der Waals surface area (Å²) >= 11 is 7.09. The molecule has 0 aliphatic heterocycles. The Balaban J connectivity index is 2.67. The van der Waals surface area contributed by atoms with Gasteiger partial charge in [0, 0.05) is 11.0 Å². The highest BCUT2D eigenvalue weighted by Gasteiger charge is 2.31. The number of hydrogen-bond donors (Lipinski definition) is 2. The van der Waals surface area contributed by atoms with Crippen LogP contribution in [0.5, 0.6) is 0 Å². The first-order valence-electron chi connectivity index (χ1n) is 5.36. The molecule has 0 bridgehead atoms. The van der Waals surface area contributed by atoms with E-state index in [0.717, 1.165) is 4.88 Å². The standard InChI is InChI=1S/C12H14ClNO3S/c1-3-12(2,11(16)17)14-10(15)7-5-8-4-6-9(13)18-8/h4-7H,3H2,1-2H3,(H,14,15)(H,16,17). The van der Waals surface area contributed by atoms with Gasteiger partial charge in [-0.3, -0.25) is 4.79 Å². The minimum Gasteiger partial charge on any atom is -0.480 e. The van der Waals surface area contributed by atoms with Crippen molar-refractivity contribution in [2.45, 2.75) is 25.8 Å². The van der Waals surface area contributed by atoms with Gasteiger partial charge in [-0.05, 0) is 31.6 Å². The summed E-state index contributed by atoms with van der Waals surface area (Å²) in [4.78, 5) is 23.5. The van der Waals surface area contributed by atoms with E-state index >= 15 is 0 Å². The molecule has 1 rings (SSSR count). The number of amides is 1. The Hall–Kier alpha value is -1.33. The Morgan fingerprint density at radius 2 is 2.22 bits per heavy atom. The quantitative estimate of drug-likeness (QED) is 0.818. The molecule has 0 saturated carbocycles. The van der Waals surface area contributed by atoms with Gasteiger partial charge in [-0.15, -0.1) is 11.3 Å². The van der Waals surface area contributed by atoms with Crippen molar-refractivity contribution in [3.63, 3.8) is 0 Å². The molecule has 0 spiro atoms. The maximum absolute atomic E-state index is 11.6. The van der Waals surface area contributed by atoms with Crippen LogP contribution in [0.2, 0.25) is 4.34 Å². The lowest BCUT2D eigenvalue weighted by Crippen LogP contribution is -2.51. The van der Waals surface area contributed by atoms with Gasteiger partial charge in [-0.25, -0.2) is 4.79 Å². The summed E-state index contributed by atoms with van der Waals surface area (Å²) in [5, 5.41) is 11.5. The van der Waals surface area contributed by atoms with Crippen molar-refractivity contribution in [3.8, 4) is 0 Å². The molecule has 0 aliphatic rings. The zero-order chi connectivity index (χ0) is 13.8. The van der Waals surface area contributed by atoms with Gasteiger partial charge in [0.05, 0.1) is 4.34 Å². The van der Waals surface area contributed by atoms with Gasteiger partial charge < -0.3 is 10.4 Å².